The van der Waals surface area contributed by atoms with Gasteiger partial charge in [-0.25, -0.2) is 4.39 Å². The van der Waals surface area contributed by atoms with E-state index in [9.17, 15) is 9.18 Å². The Labute approximate surface area is 137 Å². The molecule has 0 saturated carbocycles. The van der Waals surface area contributed by atoms with E-state index in [4.69, 9.17) is 0 Å². The van der Waals surface area contributed by atoms with Gasteiger partial charge >= 0.3 is 0 Å². The quantitative estimate of drug-likeness (QED) is 0.894. The van der Waals surface area contributed by atoms with E-state index in [1.165, 1.54) is 6.07 Å². The van der Waals surface area contributed by atoms with E-state index >= 15 is 0 Å². The molecule has 1 aromatic carbocycles. The Morgan fingerprint density at radius 3 is 2.78 bits per heavy atom. The molecule has 2 saturated heterocycles. The van der Waals surface area contributed by atoms with Crippen molar-refractivity contribution in [3.63, 3.8) is 0 Å². The van der Waals surface area contributed by atoms with E-state index in [2.05, 4.69) is 15.5 Å². The van der Waals surface area contributed by atoms with Crippen LogP contribution in [0.1, 0.15) is 44.2 Å². The number of halogens is 1. The number of nitrogens with one attached hydrogen (secondary N) is 2. The predicted molar refractivity (Wildman–Crippen MR) is 88.6 cm³/mol. The highest BCUT2D eigenvalue weighted by Crippen LogP contribution is 2.25. The third-order valence-electron chi connectivity index (χ3n) is 5.11. The van der Waals surface area contributed by atoms with Gasteiger partial charge in [0.1, 0.15) is 5.82 Å². The Hall–Kier alpha value is -1.46. The van der Waals surface area contributed by atoms with Gasteiger partial charge in [0, 0.05) is 11.6 Å². The lowest BCUT2D eigenvalue weighted by atomic mass is 10.0. The number of carbonyl (C=O) groups excluding carboxylic acids is 1. The number of piperidine rings is 1. The molecule has 5 heteroatoms. The minimum Gasteiger partial charge on any atom is -0.348 e. The van der Waals surface area contributed by atoms with Crippen molar-refractivity contribution in [2.24, 2.45) is 0 Å². The van der Waals surface area contributed by atoms with Crippen molar-refractivity contribution in [3.8, 4) is 0 Å². The van der Waals surface area contributed by atoms with Crippen molar-refractivity contribution in [3.05, 3.63) is 35.6 Å². The average Bonchev–Trinajstić information content (AvgIpc) is 3.05. The highest BCUT2D eigenvalue weighted by molar-refractivity contribution is 5.82. The van der Waals surface area contributed by atoms with E-state index < -0.39 is 0 Å². The molecule has 0 radical (unpaired) electrons. The monoisotopic (exact) mass is 319 g/mol. The third-order valence-corrected chi connectivity index (χ3v) is 5.11. The summed E-state index contributed by atoms with van der Waals surface area (Å²) in [5.74, 6) is -0.223. The lowest BCUT2D eigenvalue weighted by molar-refractivity contribution is -0.127. The van der Waals surface area contributed by atoms with Crippen LogP contribution in [-0.4, -0.2) is 42.5 Å². The Morgan fingerprint density at radius 1 is 1.30 bits per heavy atom. The fourth-order valence-corrected chi connectivity index (χ4v) is 3.86. The van der Waals surface area contributed by atoms with Gasteiger partial charge in [-0.2, -0.15) is 0 Å². The molecule has 0 spiro atoms. The zero-order chi connectivity index (χ0) is 16.2. The van der Waals surface area contributed by atoms with Crippen LogP contribution in [0.3, 0.4) is 0 Å². The fourth-order valence-electron chi connectivity index (χ4n) is 3.86. The van der Waals surface area contributed by atoms with E-state index in [0.717, 1.165) is 45.3 Å². The maximum absolute atomic E-state index is 13.9. The first kappa shape index (κ1) is 16.4. The summed E-state index contributed by atoms with van der Waals surface area (Å²) in [6, 6.07) is 6.78. The number of hydrogen-bond acceptors (Lipinski definition) is 3. The molecular weight excluding hydrogens is 293 g/mol. The number of amides is 1. The average molecular weight is 319 g/mol. The lowest BCUT2D eigenvalue weighted by Crippen LogP contribution is -2.51. The van der Waals surface area contributed by atoms with Crippen LogP contribution in [0, 0.1) is 5.82 Å². The molecule has 0 aromatic heterocycles. The summed E-state index contributed by atoms with van der Waals surface area (Å²) in [5.41, 5.74) is 0.548. The van der Waals surface area contributed by atoms with Crippen LogP contribution in [0.5, 0.6) is 0 Å². The molecular formula is C18H26FN3O. The third kappa shape index (κ3) is 3.72. The van der Waals surface area contributed by atoms with E-state index in [0.29, 0.717) is 11.6 Å². The predicted octanol–water partition coefficient (Wildman–Crippen LogP) is 2.22. The van der Waals surface area contributed by atoms with Crippen LogP contribution < -0.4 is 10.6 Å². The summed E-state index contributed by atoms with van der Waals surface area (Å²) >= 11 is 0. The normalized spacial score (nSPS) is 24.5. The molecule has 2 aliphatic heterocycles. The molecule has 3 rings (SSSR count). The summed E-state index contributed by atoms with van der Waals surface area (Å²) < 4.78 is 13.9. The molecule has 2 N–H and O–H groups in total. The van der Waals surface area contributed by atoms with Crippen molar-refractivity contribution in [1.29, 1.82) is 0 Å². The van der Waals surface area contributed by atoms with Gasteiger partial charge in [0.25, 0.3) is 0 Å². The molecule has 126 valence electrons. The van der Waals surface area contributed by atoms with Crippen molar-refractivity contribution < 1.29 is 9.18 Å². The van der Waals surface area contributed by atoms with Gasteiger partial charge in [0.2, 0.25) is 5.91 Å². The van der Waals surface area contributed by atoms with Gasteiger partial charge in [-0.3, -0.25) is 9.69 Å². The van der Waals surface area contributed by atoms with Gasteiger partial charge in [-0.1, -0.05) is 18.2 Å². The van der Waals surface area contributed by atoms with Gasteiger partial charge in [0.15, 0.2) is 0 Å². The van der Waals surface area contributed by atoms with Crippen molar-refractivity contribution in [2.75, 3.05) is 19.6 Å². The van der Waals surface area contributed by atoms with Crippen LogP contribution in [-0.2, 0) is 4.79 Å². The summed E-state index contributed by atoms with van der Waals surface area (Å²) in [5, 5.41) is 6.39. The zero-order valence-corrected chi connectivity index (χ0v) is 13.7. The number of carbonyl (C=O) groups is 1. The molecule has 23 heavy (non-hydrogen) atoms. The van der Waals surface area contributed by atoms with Crippen LogP contribution in [0.25, 0.3) is 0 Å². The minimum absolute atomic E-state index is 0.0387. The van der Waals surface area contributed by atoms with Gasteiger partial charge < -0.3 is 10.6 Å². The maximum atomic E-state index is 13.9. The number of likely N-dealkylation sites (tertiary alicyclic amines) is 1. The second-order valence-corrected chi connectivity index (χ2v) is 6.63. The summed E-state index contributed by atoms with van der Waals surface area (Å²) in [6.45, 7) is 4.90. The molecule has 0 bridgehead atoms. The first-order valence-corrected chi connectivity index (χ1v) is 8.68. The summed E-state index contributed by atoms with van der Waals surface area (Å²) in [7, 11) is 0. The van der Waals surface area contributed by atoms with E-state index in [1.54, 1.807) is 18.2 Å². The van der Waals surface area contributed by atoms with Crippen molar-refractivity contribution in [1.82, 2.24) is 15.5 Å². The van der Waals surface area contributed by atoms with Crippen LogP contribution in [0.4, 0.5) is 4.39 Å². The van der Waals surface area contributed by atoms with E-state index in [-0.39, 0.29) is 23.8 Å². The summed E-state index contributed by atoms with van der Waals surface area (Å²) in [6.07, 6.45) is 4.18. The lowest BCUT2D eigenvalue weighted by Gasteiger charge is -2.35. The SMILES string of the molecule is C[C@@H](NC(=O)[C@@H]1CCCN1C1CCNCC1)c1ccccc1F. The van der Waals surface area contributed by atoms with E-state index in [1.807, 2.05) is 6.92 Å². The van der Waals surface area contributed by atoms with Crippen LogP contribution >= 0.6 is 0 Å². The molecule has 0 unspecified atom stereocenters. The second-order valence-electron chi connectivity index (χ2n) is 6.63. The van der Waals surface area contributed by atoms with Gasteiger partial charge in [0.05, 0.1) is 12.1 Å². The smallest absolute Gasteiger partial charge is 0.237 e. The van der Waals surface area contributed by atoms with Crippen molar-refractivity contribution >= 4 is 5.91 Å². The maximum Gasteiger partial charge on any atom is 0.237 e. The fraction of sp³-hybridized carbons (Fsp3) is 0.611. The molecule has 1 amide bonds. The summed E-state index contributed by atoms with van der Waals surface area (Å²) in [4.78, 5) is 15.1. The molecule has 2 atom stereocenters. The highest BCUT2D eigenvalue weighted by atomic mass is 19.1. The van der Waals surface area contributed by atoms with Gasteiger partial charge in [-0.05, 0) is 58.3 Å². The minimum atomic E-state index is -0.306. The number of hydrogen-bond donors (Lipinski definition) is 2. The zero-order valence-electron chi connectivity index (χ0n) is 13.7. The first-order valence-electron chi connectivity index (χ1n) is 8.68. The largest absolute Gasteiger partial charge is 0.348 e. The standard InChI is InChI=1S/C18H26FN3O/c1-13(15-5-2-3-6-16(15)19)21-18(23)17-7-4-12-22(17)14-8-10-20-11-9-14/h2-3,5-6,13-14,17,20H,4,7-12H2,1H3,(H,21,23)/t13-,17+/m1/s1. The first-order chi connectivity index (χ1) is 11.2. The Kier molecular flexibility index (Phi) is 5.28. The Morgan fingerprint density at radius 2 is 2.04 bits per heavy atom. The van der Waals surface area contributed by atoms with Crippen LogP contribution in [0.2, 0.25) is 0 Å². The number of rotatable bonds is 4. The molecule has 2 heterocycles. The molecule has 0 aliphatic carbocycles. The highest BCUT2D eigenvalue weighted by Gasteiger charge is 2.36. The van der Waals surface area contributed by atoms with Crippen molar-refractivity contribution in [2.45, 2.75) is 50.7 Å². The Bertz CT molecular complexity index is 545. The molecule has 1 aromatic rings. The van der Waals surface area contributed by atoms with Gasteiger partial charge in [-0.15, -0.1) is 0 Å². The number of benzene rings is 1. The molecule has 2 fully saturated rings. The topological polar surface area (TPSA) is 44.4 Å². The van der Waals surface area contributed by atoms with Crippen LogP contribution in [0.15, 0.2) is 24.3 Å². The second kappa shape index (κ2) is 7.41. The molecule has 2 aliphatic rings. The number of nitrogens with zero attached hydrogens (tertiary/aromatic N) is 1. The Balaban J connectivity index is 1.63. The molecule has 4 nitrogen and oxygen atoms in total.